The molecule has 2 rings (SSSR count). The molecule has 150 valence electrons. The van der Waals surface area contributed by atoms with E-state index in [1.165, 1.54) is 11.8 Å². The van der Waals surface area contributed by atoms with E-state index in [0.29, 0.717) is 6.61 Å². The number of carbonyl (C=O) groups excluding carboxylic acids is 2. The fourth-order valence-corrected chi connectivity index (χ4v) is 3.24. The molecule has 5 nitrogen and oxygen atoms in total. The van der Waals surface area contributed by atoms with Gasteiger partial charge in [-0.1, -0.05) is 29.8 Å². The lowest BCUT2D eigenvalue weighted by molar-refractivity contribution is -0.120. The van der Waals surface area contributed by atoms with E-state index in [1.807, 2.05) is 76.2 Å². The number of aryl methyl sites for hydroxylation is 1. The van der Waals surface area contributed by atoms with Crippen LogP contribution in [-0.4, -0.2) is 29.4 Å². The fourth-order valence-electron chi connectivity index (χ4n) is 2.54. The van der Waals surface area contributed by atoms with Crippen LogP contribution in [0.2, 0.25) is 0 Å². The van der Waals surface area contributed by atoms with Gasteiger partial charge in [-0.15, -0.1) is 11.8 Å². The third kappa shape index (κ3) is 6.93. The van der Waals surface area contributed by atoms with Crippen LogP contribution in [0.3, 0.4) is 0 Å². The van der Waals surface area contributed by atoms with Gasteiger partial charge in [-0.25, -0.2) is 0 Å². The lowest BCUT2D eigenvalue weighted by atomic mass is 10.1. The van der Waals surface area contributed by atoms with Gasteiger partial charge in [0.15, 0.2) is 0 Å². The molecule has 0 saturated heterocycles. The molecule has 0 aliphatic carbocycles. The van der Waals surface area contributed by atoms with Crippen LogP contribution in [0.4, 0.5) is 5.69 Å². The van der Waals surface area contributed by atoms with Crippen LogP contribution >= 0.6 is 11.8 Å². The molecule has 0 aliphatic rings. The van der Waals surface area contributed by atoms with Crippen molar-refractivity contribution in [3.8, 4) is 5.75 Å². The summed E-state index contributed by atoms with van der Waals surface area (Å²) in [6.07, 6.45) is 0. The molecule has 2 unspecified atom stereocenters. The van der Waals surface area contributed by atoms with E-state index in [4.69, 9.17) is 4.74 Å². The van der Waals surface area contributed by atoms with Crippen molar-refractivity contribution in [1.29, 1.82) is 0 Å². The minimum atomic E-state index is -0.325. The van der Waals surface area contributed by atoms with Crippen LogP contribution in [0.15, 0.2) is 48.5 Å². The van der Waals surface area contributed by atoms with Gasteiger partial charge < -0.3 is 15.4 Å². The van der Waals surface area contributed by atoms with E-state index in [-0.39, 0.29) is 28.9 Å². The number of rotatable bonds is 9. The molecule has 2 N–H and O–H groups in total. The lowest BCUT2D eigenvalue weighted by Crippen LogP contribution is -2.33. The summed E-state index contributed by atoms with van der Waals surface area (Å²) >= 11 is 1.32. The van der Waals surface area contributed by atoms with E-state index >= 15 is 0 Å². The monoisotopic (exact) mass is 400 g/mol. The van der Waals surface area contributed by atoms with Crippen molar-refractivity contribution < 1.29 is 14.3 Å². The highest BCUT2D eigenvalue weighted by atomic mass is 32.2. The predicted octanol–water partition coefficient (Wildman–Crippen LogP) is 4.33. The minimum Gasteiger partial charge on any atom is -0.494 e. The number of ether oxygens (including phenoxy) is 1. The average molecular weight is 401 g/mol. The van der Waals surface area contributed by atoms with Crippen molar-refractivity contribution >= 4 is 29.3 Å². The summed E-state index contributed by atoms with van der Waals surface area (Å²) in [5.74, 6) is 0.829. The van der Waals surface area contributed by atoms with Crippen molar-refractivity contribution in [3.05, 3.63) is 59.7 Å². The summed E-state index contributed by atoms with van der Waals surface area (Å²) in [6.45, 7) is 8.31. The molecule has 0 radical (unpaired) electrons. The largest absolute Gasteiger partial charge is 0.494 e. The standard InChI is InChI=1S/C22H28N2O3S/c1-5-27-20-12-8-18(9-13-20)16(3)23-22(26)17(4)28-14-21(25)24-19-10-6-15(2)7-11-19/h6-13,16-17H,5,14H2,1-4H3,(H,23,26)(H,24,25). The van der Waals surface area contributed by atoms with E-state index < -0.39 is 0 Å². The van der Waals surface area contributed by atoms with Crippen molar-refractivity contribution in [2.24, 2.45) is 0 Å². The average Bonchev–Trinajstić information content (AvgIpc) is 2.68. The maximum Gasteiger partial charge on any atom is 0.234 e. The van der Waals surface area contributed by atoms with Crippen LogP contribution < -0.4 is 15.4 Å². The van der Waals surface area contributed by atoms with Gasteiger partial charge in [0.1, 0.15) is 5.75 Å². The van der Waals surface area contributed by atoms with Crippen molar-refractivity contribution in [2.45, 2.75) is 39.0 Å². The van der Waals surface area contributed by atoms with Crippen LogP contribution in [0, 0.1) is 6.92 Å². The number of benzene rings is 2. The molecule has 0 spiro atoms. The van der Waals surface area contributed by atoms with Gasteiger partial charge >= 0.3 is 0 Å². The van der Waals surface area contributed by atoms with Gasteiger partial charge in [0.05, 0.1) is 23.7 Å². The van der Waals surface area contributed by atoms with Gasteiger partial charge in [-0.2, -0.15) is 0 Å². The zero-order valence-electron chi connectivity index (χ0n) is 16.8. The molecule has 2 atom stereocenters. The SMILES string of the molecule is CCOc1ccc(C(C)NC(=O)C(C)SCC(=O)Nc2ccc(C)cc2)cc1. The van der Waals surface area contributed by atoms with Gasteiger partial charge in [-0.05, 0) is 57.5 Å². The van der Waals surface area contributed by atoms with E-state index in [2.05, 4.69) is 10.6 Å². The molecule has 0 aromatic heterocycles. The highest BCUT2D eigenvalue weighted by Gasteiger charge is 2.18. The summed E-state index contributed by atoms with van der Waals surface area (Å²) in [5, 5.41) is 5.51. The second kappa shape index (κ2) is 10.8. The molecular formula is C22H28N2O3S. The minimum absolute atomic E-state index is 0.0884. The molecule has 0 aliphatic heterocycles. The molecule has 2 aromatic carbocycles. The second-order valence-electron chi connectivity index (χ2n) is 6.60. The zero-order valence-corrected chi connectivity index (χ0v) is 17.6. The maximum atomic E-state index is 12.4. The predicted molar refractivity (Wildman–Crippen MR) is 116 cm³/mol. The summed E-state index contributed by atoms with van der Waals surface area (Å²) in [4.78, 5) is 24.5. The Kier molecular flexibility index (Phi) is 8.39. The Morgan fingerprint density at radius 1 is 1.04 bits per heavy atom. The van der Waals surface area contributed by atoms with Crippen LogP contribution in [0.5, 0.6) is 5.75 Å². The normalized spacial score (nSPS) is 12.7. The van der Waals surface area contributed by atoms with Gasteiger partial charge in [0, 0.05) is 5.69 Å². The summed E-state index contributed by atoms with van der Waals surface area (Å²) in [5.41, 5.74) is 2.91. The molecule has 28 heavy (non-hydrogen) atoms. The number of thioether (sulfide) groups is 1. The number of carbonyl (C=O) groups is 2. The number of amides is 2. The van der Waals surface area contributed by atoms with Gasteiger partial charge in [-0.3, -0.25) is 9.59 Å². The van der Waals surface area contributed by atoms with E-state index in [9.17, 15) is 9.59 Å². The molecule has 0 bridgehead atoms. The van der Waals surface area contributed by atoms with Crippen LogP contribution in [0.1, 0.15) is 37.9 Å². The molecule has 0 saturated carbocycles. The van der Waals surface area contributed by atoms with Gasteiger partial charge in [0.25, 0.3) is 0 Å². The van der Waals surface area contributed by atoms with Crippen LogP contribution in [0.25, 0.3) is 0 Å². The van der Waals surface area contributed by atoms with E-state index in [0.717, 1.165) is 22.6 Å². The summed E-state index contributed by atoms with van der Waals surface area (Å²) in [7, 11) is 0. The van der Waals surface area contributed by atoms with Crippen LogP contribution in [-0.2, 0) is 9.59 Å². The topological polar surface area (TPSA) is 67.4 Å². The first-order valence-electron chi connectivity index (χ1n) is 9.40. The highest BCUT2D eigenvalue weighted by molar-refractivity contribution is 8.01. The molecule has 2 amide bonds. The Morgan fingerprint density at radius 2 is 1.68 bits per heavy atom. The Balaban J connectivity index is 1.78. The molecular weight excluding hydrogens is 372 g/mol. The molecule has 2 aromatic rings. The van der Waals surface area contributed by atoms with Crippen molar-refractivity contribution in [2.75, 3.05) is 17.7 Å². The third-order valence-corrected chi connectivity index (χ3v) is 5.36. The zero-order chi connectivity index (χ0) is 20.5. The first-order chi connectivity index (χ1) is 13.4. The Bertz CT molecular complexity index is 775. The Hall–Kier alpha value is -2.47. The molecule has 0 fully saturated rings. The summed E-state index contributed by atoms with van der Waals surface area (Å²) in [6, 6.07) is 15.2. The second-order valence-corrected chi connectivity index (χ2v) is 7.93. The maximum absolute atomic E-state index is 12.4. The molecule has 6 heteroatoms. The van der Waals surface area contributed by atoms with Gasteiger partial charge in [0.2, 0.25) is 11.8 Å². The van der Waals surface area contributed by atoms with E-state index in [1.54, 1.807) is 0 Å². The van der Waals surface area contributed by atoms with Crippen molar-refractivity contribution in [3.63, 3.8) is 0 Å². The fraction of sp³-hybridized carbons (Fsp3) is 0.364. The first kappa shape index (κ1) is 21.8. The Morgan fingerprint density at radius 3 is 2.29 bits per heavy atom. The van der Waals surface area contributed by atoms with Crippen molar-refractivity contribution in [1.82, 2.24) is 5.32 Å². The number of anilines is 1. The lowest BCUT2D eigenvalue weighted by Gasteiger charge is -2.18. The smallest absolute Gasteiger partial charge is 0.234 e. The number of hydrogen-bond acceptors (Lipinski definition) is 4. The highest BCUT2D eigenvalue weighted by Crippen LogP contribution is 2.19. The third-order valence-electron chi connectivity index (χ3n) is 4.22. The quantitative estimate of drug-likeness (QED) is 0.657. The first-order valence-corrected chi connectivity index (χ1v) is 10.4. The molecule has 0 heterocycles. The number of nitrogens with one attached hydrogen (secondary N) is 2. The Labute approximate surface area is 171 Å². The number of hydrogen-bond donors (Lipinski definition) is 2. The summed E-state index contributed by atoms with van der Waals surface area (Å²) < 4.78 is 5.43.